The van der Waals surface area contributed by atoms with Gasteiger partial charge in [0.05, 0.1) is 7.11 Å². The zero-order valence-electron chi connectivity index (χ0n) is 16.7. The monoisotopic (exact) mass is 492 g/mol. The number of aliphatic imine (C=N–C) groups is 1. The number of aromatic amines is 1. The van der Waals surface area contributed by atoms with E-state index in [0.29, 0.717) is 5.92 Å². The van der Waals surface area contributed by atoms with E-state index in [9.17, 15) is 0 Å². The fourth-order valence-corrected chi connectivity index (χ4v) is 3.31. The van der Waals surface area contributed by atoms with Crippen LogP contribution in [0.1, 0.15) is 24.0 Å². The zero-order chi connectivity index (χ0) is 19.1. The molecule has 1 heterocycles. The highest BCUT2D eigenvalue weighted by Crippen LogP contribution is 2.25. The van der Waals surface area contributed by atoms with Crippen LogP contribution in [0.3, 0.4) is 0 Å². The zero-order valence-corrected chi connectivity index (χ0v) is 19.0. The Morgan fingerprint density at radius 1 is 1.11 bits per heavy atom. The van der Waals surface area contributed by atoms with E-state index in [-0.39, 0.29) is 24.0 Å². The van der Waals surface area contributed by atoms with E-state index in [2.05, 4.69) is 64.1 Å². The highest BCUT2D eigenvalue weighted by atomic mass is 127. The molecule has 5 nitrogen and oxygen atoms in total. The molecule has 0 fully saturated rings. The Morgan fingerprint density at radius 2 is 1.86 bits per heavy atom. The van der Waals surface area contributed by atoms with Crippen molar-refractivity contribution in [3.63, 3.8) is 0 Å². The first-order chi connectivity index (χ1) is 13.2. The average molecular weight is 492 g/mol. The topological polar surface area (TPSA) is 61.4 Å². The number of methoxy groups -OCH3 is 1. The molecule has 150 valence electrons. The summed E-state index contributed by atoms with van der Waals surface area (Å²) in [5.41, 5.74) is 3.69. The highest BCUT2D eigenvalue weighted by molar-refractivity contribution is 14.0. The molecular weight excluding hydrogens is 463 g/mol. The van der Waals surface area contributed by atoms with Crippen LogP contribution < -0.4 is 15.4 Å². The number of nitrogens with zero attached hydrogens (tertiary/aromatic N) is 1. The van der Waals surface area contributed by atoms with Crippen molar-refractivity contribution in [2.45, 2.75) is 19.3 Å². The SMILES string of the molecule is CN=C(NCCc1c[nH]c2ccccc12)NCC(C)c1ccccc1OC.I. The third-order valence-electron chi connectivity index (χ3n) is 4.83. The summed E-state index contributed by atoms with van der Waals surface area (Å²) < 4.78 is 5.46. The van der Waals surface area contributed by atoms with Crippen LogP contribution in [0.4, 0.5) is 0 Å². The van der Waals surface area contributed by atoms with Gasteiger partial charge in [0.25, 0.3) is 0 Å². The number of hydrogen-bond acceptors (Lipinski definition) is 2. The fraction of sp³-hybridized carbons (Fsp3) is 0.318. The van der Waals surface area contributed by atoms with Crippen molar-refractivity contribution in [1.29, 1.82) is 0 Å². The molecule has 6 heteroatoms. The maximum Gasteiger partial charge on any atom is 0.191 e. The van der Waals surface area contributed by atoms with Crippen molar-refractivity contribution in [3.8, 4) is 5.75 Å². The Bertz CT molecular complexity index is 906. The number of H-pyrrole nitrogens is 1. The minimum Gasteiger partial charge on any atom is -0.496 e. The average Bonchev–Trinajstić information content (AvgIpc) is 3.13. The van der Waals surface area contributed by atoms with Gasteiger partial charge in [0.2, 0.25) is 0 Å². The molecule has 0 aliphatic carbocycles. The quantitative estimate of drug-likeness (QED) is 0.262. The highest BCUT2D eigenvalue weighted by Gasteiger charge is 2.11. The predicted molar refractivity (Wildman–Crippen MR) is 128 cm³/mol. The van der Waals surface area contributed by atoms with Crippen LogP contribution in [-0.2, 0) is 6.42 Å². The van der Waals surface area contributed by atoms with E-state index in [1.54, 1.807) is 14.2 Å². The summed E-state index contributed by atoms with van der Waals surface area (Å²) in [6.45, 7) is 3.79. The van der Waals surface area contributed by atoms with E-state index in [1.165, 1.54) is 22.0 Å². The number of guanidine groups is 1. The first-order valence-corrected chi connectivity index (χ1v) is 9.35. The number of rotatable bonds is 7. The molecule has 3 aromatic rings. The molecule has 0 bridgehead atoms. The second kappa shape index (κ2) is 10.9. The van der Waals surface area contributed by atoms with Crippen molar-refractivity contribution in [1.82, 2.24) is 15.6 Å². The number of para-hydroxylation sites is 2. The Balaban J connectivity index is 0.00000280. The summed E-state index contributed by atoms with van der Waals surface area (Å²) in [5, 5.41) is 8.10. The molecule has 0 spiro atoms. The van der Waals surface area contributed by atoms with Crippen LogP contribution in [0.2, 0.25) is 0 Å². The molecule has 0 saturated carbocycles. The van der Waals surface area contributed by atoms with E-state index >= 15 is 0 Å². The van der Waals surface area contributed by atoms with E-state index < -0.39 is 0 Å². The van der Waals surface area contributed by atoms with Gasteiger partial charge in [0.1, 0.15) is 5.75 Å². The van der Waals surface area contributed by atoms with Gasteiger partial charge in [-0.3, -0.25) is 4.99 Å². The molecule has 3 N–H and O–H groups in total. The Hall–Kier alpha value is -2.22. The first kappa shape index (κ1) is 22.1. The number of halogens is 1. The number of benzene rings is 2. The fourth-order valence-electron chi connectivity index (χ4n) is 3.31. The van der Waals surface area contributed by atoms with E-state index in [1.807, 2.05) is 18.2 Å². The maximum atomic E-state index is 5.46. The molecule has 28 heavy (non-hydrogen) atoms. The summed E-state index contributed by atoms with van der Waals surface area (Å²) in [5.74, 6) is 2.05. The molecule has 0 amide bonds. The van der Waals surface area contributed by atoms with E-state index in [0.717, 1.165) is 31.2 Å². The van der Waals surface area contributed by atoms with Gasteiger partial charge in [-0.2, -0.15) is 0 Å². The third-order valence-corrected chi connectivity index (χ3v) is 4.83. The molecule has 2 aromatic carbocycles. The number of aromatic nitrogens is 1. The van der Waals surface area contributed by atoms with Crippen molar-refractivity contribution in [3.05, 3.63) is 65.9 Å². The molecule has 0 saturated heterocycles. The van der Waals surface area contributed by atoms with Gasteiger partial charge in [-0.25, -0.2) is 0 Å². The summed E-state index contributed by atoms with van der Waals surface area (Å²) in [6.07, 6.45) is 3.03. The molecule has 0 aliphatic rings. The van der Waals surface area contributed by atoms with Gasteiger partial charge < -0.3 is 20.4 Å². The lowest BCUT2D eigenvalue weighted by Crippen LogP contribution is -2.39. The lowest BCUT2D eigenvalue weighted by atomic mass is 10.0. The van der Waals surface area contributed by atoms with Crippen LogP contribution in [0.15, 0.2) is 59.7 Å². The van der Waals surface area contributed by atoms with Gasteiger partial charge in [0, 0.05) is 43.2 Å². The number of fused-ring (bicyclic) bond motifs is 1. The number of nitrogens with one attached hydrogen (secondary N) is 3. The van der Waals surface area contributed by atoms with Crippen molar-refractivity contribution < 1.29 is 4.74 Å². The minimum atomic E-state index is 0. The van der Waals surface area contributed by atoms with Gasteiger partial charge in [-0.15, -0.1) is 24.0 Å². The lowest BCUT2D eigenvalue weighted by Gasteiger charge is -2.18. The second-order valence-electron chi connectivity index (χ2n) is 6.63. The Morgan fingerprint density at radius 3 is 2.64 bits per heavy atom. The molecule has 1 unspecified atom stereocenters. The second-order valence-corrected chi connectivity index (χ2v) is 6.63. The molecule has 1 aromatic heterocycles. The van der Waals surface area contributed by atoms with Crippen molar-refractivity contribution in [2.75, 3.05) is 27.2 Å². The van der Waals surface area contributed by atoms with Crippen LogP contribution in [0.25, 0.3) is 10.9 Å². The third kappa shape index (κ3) is 5.41. The summed E-state index contributed by atoms with van der Waals surface area (Å²) in [6, 6.07) is 16.5. The van der Waals surface area contributed by atoms with E-state index in [4.69, 9.17) is 4.74 Å². The van der Waals surface area contributed by atoms with Gasteiger partial charge in [-0.1, -0.05) is 43.3 Å². The number of hydrogen-bond donors (Lipinski definition) is 3. The van der Waals surface area contributed by atoms with Gasteiger partial charge in [0.15, 0.2) is 5.96 Å². The smallest absolute Gasteiger partial charge is 0.191 e. The molecular formula is C22H29IN4O. The maximum absolute atomic E-state index is 5.46. The number of ether oxygens (including phenoxy) is 1. The minimum absolute atomic E-state index is 0. The normalized spacial score (nSPS) is 12.3. The molecule has 3 rings (SSSR count). The van der Waals surface area contributed by atoms with Crippen LogP contribution in [0.5, 0.6) is 5.75 Å². The molecule has 0 aliphatic heterocycles. The summed E-state index contributed by atoms with van der Waals surface area (Å²) in [4.78, 5) is 7.66. The molecule has 0 radical (unpaired) electrons. The summed E-state index contributed by atoms with van der Waals surface area (Å²) >= 11 is 0. The lowest BCUT2D eigenvalue weighted by molar-refractivity contribution is 0.406. The van der Waals surface area contributed by atoms with Crippen molar-refractivity contribution >= 4 is 40.8 Å². The van der Waals surface area contributed by atoms with Gasteiger partial charge >= 0.3 is 0 Å². The van der Waals surface area contributed by atoms with Gasteiger partial charge in [-0.05, 0) is 29.7 Å². The Kier molecular flexibility index (Phi) is 8.63. The van der Waals surface area contributed by atoms with Crippen LogP contribution in [0, 0.1) is 0 Å². The van der Waals surface area contributed by atoms with Crippen LogP contribution >= 0.6 is 24.0 Å². The predicted octanol–water partition coefficient (Wildman–Crippen LogP) is 4.31. The first-order valence-electron chi connectivity index (χ1n) is 9.35. The summed E-state index contributed by atoms with van der Waals surface area (Å²) in [7, 11) is 3.51. The standard InChI is InChI=1S/C22H28N4O.HI/c1-16(18-8-5-7-11-21(18)27-3)14-26-22(23-2)24-13-12-17-15-25-20-10-6-4-9-19(17)20;/h4-11,15-16,25H,12-14H2,1-3H3,(H2,23,24,26);1H. The van der Waals surface area contributed by atoms with Crippen molar-refractivity contribution in [2.24, 2.45) is 4.99 Å². The largest absolute Gasteiger partial charge is 0.496 e. The Labute approximate surface area is 184 Å². The molecule has 1 atom stereocenters. The van der Waals surface area contributed by atoms with Crippen LogP contribution in [-0.4, -0.2) is 38.2 Å².